The van der Waals surface area contributed by atoms with Gasteiger partial charge in [-0.3, -0.25) is 10.1 Å². The minimum atomic E-state index is 0.966. The fourth-order valence-electron chi connectivity index (χ4n) is 2.90. The quantitative estimate of drug-likeness (QED) is 0.583. The van der Waals surface area contributed by atoms with Crippen molar-refractivity contribution in [2.75, 3.05) is 0 Å². The molecule has 1 N–H and O–H groups in total. The largest absolute Gasteiger partial charge is 0.276 e. The van der Waals surface area contributed by atoms with E-state index in [2.05, 4.69) is 71.5 Å². The highest BCUT2D eigenvalue weighted by molar-refractivity contribution is 6.07. The smallest absolute Gasteiger partial charge is 0.101 e. The summed E-state index contributed by atoms with van der Waals surface area (Å²) in [6.07, 6.45) is 2.96. The number of benzene rings is 2. The lowest BCUT2D eigenvalue weighted by atomic mass is 10.0. The molecule has 4 aromatic rings. The number of H-pyrrole nitrogens is 1. The molecule has 0 aliphatic heterocycles. The maximum Gasteiger partial charge on any atom is 0.101 e. The van der Waals surface area contributed by atoms with Crippen molar-refractivity contribution >= 4 is 21.8 Å². The number of aromatic amines is 1. The van der Waals surface area contributed by atoms with Gasteiger partial charge in [-0.25, -0.2) is 0 Å². The lowest BCUT2D eigenvalue weighted by molar-refractivity contribution is 1.12. The number of aryl methyl sites for hydroxylation is 2. The molecule has 0 aliphatic rings. The Balaban J connectivity index is 1.95. The van der Waals surface area contributed by atoms with Gasteiger partial charge in [0, 0.05) is 22.5 Å². The van der Waals surface area contributed by atoms with Gasteiger partial charge in [0.25, 0.3) is 0 Å². The molecular formula is C19H17N3. The molecule has 3 heteroatoms. The van der Waals surface area contributed by atoms with Crippen LogP contribution in [0.15, 0.2) is 48.7 Å². The number of fused-ring (bicyclic) bond motifs is 3. The fourth-order valence-corrected chi connectivity index (χ4v) is 2.90. The number of nitrogens with zero attached hydrogens (tertiary/aromatic N) is 2. The zero-order valence-electron chi connectivity index (χ0n) is 12.7. The molecule has 0 saturated heterocycles. The van der Waals surface area contributed by atoms with E-state index < -0.39 is 0 Å². The van der Waals surface area contributed by atoms with Crippen molar-refractivity contribution in [2.45, 2.75) is 20.3 Å². The molecule has 2 aromatic heterocycles. The van der Waals surface area contributed by atoms with E-state index in [1.165, 1.54) is 11.1 Å². The standard InChI is InChI=1S/C19H17N3/c1-3-13-5-7-14(8-6-13)18-16-11-20-17-9-4-12(2)10-15(17)19(16)22-21-18/h4-11H,3H2,1-2H3,(H,21,22). The molecule has 4 rings (SSSR count). The maximum absolute atomic E-state index is 4.58. The summed E-state index contributed by atoms with van der Waals surface area (Å²) in [4.78, 5) is 4.58. The first-order valence-corrected chi connectivity index (χ1v) is 7.59. The summed E-state index contributed by atoms with van der Waals surface area (Å²) in [6, 6.07) is 14.9. The first kappa shape index (κ1) is 13.0. The predicted molar refractivity (Wildman–Crippen MR) is 90.9 cm³/mol. The van der Waals surface area contributed by atoms with Crippen LogP contribution in [0.3, 0.4) is 0 Å². The Morgan fingerprint density at radius 3 is 2.59 bits per heavy atom. The van der Waals surface area contributed by atoms with Gasteiger partial charge >= 0.3 is 0 Å². The van der Waals surface area contributed by atoms with Crippen molar-refractivity contribution in [1.82, 2.24) is 15.2 Å². The van der Waals surface area contributed by atoms with Crippen LogP contribution in [0.5, 0.6) is 0 Å². The van der Waals surface area contributed by atoms with Crippen molar-refractivity contribution in [2.24, 2.45) is 0 Å². The molecule has 0 amide bonds. The number of hydrogen-bond donors (Lipinski definition) is 1. The van der Waals surface area contributed by atoms with Gasteiger partial charge in [0.05, 0.1) is 11.0 Å². The number of rotatable bonds is 2. The third kappa shape index (κ3) is 1.98. The zero-order chi connectivity index (χ0) is 15.1. The Labute approximate surface area is 129 Å². The second kappa shape index (κ2) is 4.95. The van der Waals surface area contributed by atoms with Gasteiger partial charge in [0.2, 0.25) is 0 Å². The Hall–Kier alpha value is -2.68. The fraction of sp³-hybridized carbons (Fsp3) is 0.158. The minimum absolute atomic E-state index is 0.966. The molecule has 108 valence electrons. The molecular weight excluding hydrogens is 270 g/mol. The van der Waals surface area contributed by atoms with E-state index in [1.807, 2.05) is 6.20 Å². The molecule has 0 unspecified atom stereocenters. The van der Waals surface area contributed by atoms with Gasteiger partial charge in [-0.05, 0) is 31.0 Å². The summed E-state index contributed by atoms with van der Waals surface area (Å²) in [5.41, 5.74) is 6.71. The van der Waals surface area contributed by atoms with Crippen LogP contribution in [0, 0.1) is 6.92 Å². The Morgan fingerprint density at radius 2 is 1.82 bits per heavy atom. The normalized spacial score (nSPS) is 11.4. The van der Waals surface area contributed by atoms with E-state index in [0.29, 0.717) is 0 Å². The predicted octanol–water partition coefficient (Wildman–Crippen LogP) is 4.65. The summed E-state index contributed by atoms with van der Waals surface area (Å²) in [6.45, 7) is 4.26. The maximum atomic E-state index is 4.58. The highest BCUT2D eigenvalue weighted by Gasteiger charge is 2.11. The van der Waals surface area contributed by atoms with E-state index >= 15 is 0 Å². The third-order valence-electron chi connectivity index (χ3n) is 4.19. The van der Waals surface area contributed by atoms with Crippen molar-refractivity contribution in [3.63, 3.8) is 0 Å². The van der Waals surface area contributed by atoms with Crippen molar-refractivity contribution in [3.8, 4) is 11.3 Å². The monoisotopic (exact) mass is 287 g/mol. The molecule has 22 heavy (non-hydrogen) atoms. The van der Waals surface area contributed by atoms with Gasteiger partial charge < -0.3 is 0 Å². The van der Waals surface area contributed by atoms with Gasteiger partial charge in [-0.2, -0.15) is 5.10 Å². The van der Waals surface area contributed by atoms with Gasteiger partial charge in [-0.15, -0.1) is 0 Å². The van der Waals surface area contributed by atoms with E-state index in [9.17, 15) is 0 Å². The van der Waals surface area contributed by atoms with Crippen LogP contribution in [-0.4, -0.2) is 15.2 Å². The summed E-state index contributed by atoms with van der Waals surface area (Å²) >= 11 is 0. The third-order valence-corrected chi connectivity index (χ3v) is 4.19. The van der Waals surface area contributed by atoms with Crippen LogP contribution in [0.2, 0.25) is 0 Å². The average Bonchev–Trinajstić information content (AvgIpc) is 2.99. The van der Waals surface area contributed by atoms with Crippen LogP contribution in [0.25, 0.3) is 33.1 Å². The molecule has 0 fully saturated rings. The number of aromatic nitrogens is 3. The molecule has 0 atom stereocenters. The molecule has 0 aliphatic carbocycles. The molecule has 0 bridgehead atoms. The van der Waals surface area contributed by atoms with Crippen LogP contribution in [0.4, 0.5) is 0 Å². The van der Waals surface area contributed by atoms with E-state index in [1.54, 1.807) is 0 Å². The highest BCUT2D eigenvalue weighted by atomic mass is 15.1. The van der Waals surface area contributed by atoms with Gasteiger partial charge in [0.1, 0.15) is 5.69 Å². The number of nitrogens with one attached hydrogen (secondary N) is 1. The lowest BCUT2D eigenvalue weighted by Crippen LogP contribution is -1.84. The zero-order valence-corrected chi connectivity index (χ0v) is 12.7. The SMILES string of the molecule is CCc1ccc(-c2n[nH]c3c2cnc2ccc(C)cc23)cc1. The van der Waals surface area contributed by atoms with E-state index in [-0.39, 0.29) is 0 Å². The van der Waals surface area contributed by atoms with Crippen molar-refractivity contribution < 1.29 is 0 Å². The Kier molecular flexibility index (Phi) is 2.93. The molecule has 0 spiro atoms. The molecule has 0 radical (unpaired) electrons. The molecule has 2 aromatic carbocycles. The Bertz CT molecular complexity index is 965. The second-order valence-corrected chi connectivity index (χ2v) is 5.69. The van der Waals surface area contributed by atoms with Crippen LogP contribution in [0.1, 0.15) is 18.1 Å². The number of hydrogen-bond acceptors (Lipinski definition) is 2. The molecule has 0 saturated carbocycles. The summed E-state index contributed by atoms with van der Waals surface area (Å²) in [7, 11) is 0. The average molecular weight is 287 g/mol. The van der Waals surface area contributed by atoms with Crippen LogP contribution in [-0.2, 0) is 6.42 Å². The molecule has 3 nitrogen and oxygen atoms in total. The van der Waals surface area contributed by atoms with Crippen molar-refractivity contribution in [3.05, 3.63) is 59.8 Å². The summed E-state index contributed by atoms with van der Waals surface area (Å²) < 4.78 is 0. The minimum Gasteiger partial charge on any atom is -0.276 e. The first-order valence-electron chi connectivity index (χ1n) is 7.59. The first-order chi connectivity index (χ1) is 10.8. The van der Waals surface area contributed by atoms with Gasteiger partial charge in [0.15, 0.2) is 0 Å². The molecule has 2 heterocycles. The van der Waals surface area contributed by atoms with Crippen LogP contribution < -0.4 is 0 Å². The van der Waals surface area contributed by atoms with Crippen LogP contribution >= 0.6 is 0 Å². The Morgan fingerprint density at radius 1 is 1.00 bits per heavy atom. The van der Waals surface area contributed by atoms with Crippen molar-refractivity contribution in [1.29, 1.82) is 0 Å². The van der Waals surface area contributed by atoms with Gasteiger partial charge in [-0.1, -0.05) is 42.8 Å². The summed E-state index contributed by atoms with van der Waals surface area (Å²) in [5.74, 6) is 0. The van der Waals surface area contributed by atoms with E-state index in [0.717, 1.165) is 39.5 Å². The highest BCUT2D eigenvalue weighted by Crippen LogP contribution is 2.30. The number of pyridine rings is 1. The summed E-state index contributed by atoms with van der Waals surface area (Å²) in [5, 5.41) is 9.93. The second-order valence-electron chi connectivity index (χ2n) is 5.69. The topological polar surface area (TPSA) is 41.6 Å². The lowest BCUT2D eigenvalue weighted by Gasteiger charge is -2.02. The van der Waals surface area contributed by atoms with E-state index in [4.69, 9.17) is 0 Å².